The zero-order chi connectivity index (χ0) is 9.26. The molecule has 2 aromatic rings. The maximum Gasteiger partial charge on any atom is 0.122 e. The molecule has 0 spiro atoms. The number of rotatable bonds is 1. The van der Waals surface area contributed by atoms with Crippen LogP contribution in [0.3, 0.4) is 0 Å². The molecule has 2 rings (SSSR count). The maximum absolute atomic E-state index is 8.83. The van der Waals surface area contributed by atoms with E-state index in [9.17, 15) is 0 Å². The molecular weight excluding hydrogens is 166 g/mol. The van der Waals surface area contributed by atoms with E-state index in [1.54, 1.807) is 19.4 Å². The first kappa shape index (κ1) is 7.62. The van der Waals surface area contributed by atoms with Gasteiger partial charge in [-0.2, -0.15) is 10.4 Å². The molecule has 4 heteroatoms. The summed E-state index contributed by atoms with van der Waals surface area (Å²) < 4.78 is 5.04. The van der Waals surface area contributed by atoms with Gasteiger partial charge in [-0.3, -0.25) is 5.10 Å². The number of nitrogens with one attached hydrogen (secondary N) is 1. The van der Waals surface area contributed by atoms with Crippen molar-refractivity contribution < 1.29 is 4.74 Å². The molecule has 1 aromatic carbocycles. The third-order valence-electron chi connectivity index (χ3n) is 1.89. The molecule has 0 saturated heterocycles. The molecule has 0 aliphatic carbocycles. The van der Waals surface area contributed by atoms with Gasteiger partial charge in [-0.05, 0) is 6.07 Å². The number of aromatic amines is 1. The van der Waals surface area contributed by atoms with E-state index in [1.807, 2.05) is 6.07 Å². The van der Waals surface area contributed by atoms with Crippen LogP contribution in [0.25, 0.3) is 10.9 Å². The number of hydrogen-bond donors (Lipinski definition) is 1. The fraction of sp³-hybridized carbons (Fsp3) is 0.111. The Labute approximate surface area is 74.7 Å². The quantitative estimate of drug-likeness (QED) is 0.709. The molecule has 1 heterocycles. The number of H-pyrrole nitrogens is 1. The lowest BCUT2D eigenvalue weighted by atomic mass is 10.1. The van der Waals surface area contributed by atoms with E-state index in [0.717, 1.165) is 10.9 Å². The largest absolute Gasteiger partial charge is 0.497 e. The Morgan fingerprint density at radius 2 is 2.38 bits per heavy atom. The normalized spacial score (nSPS) is 9.85. The first-order valence-electron chi connectivity index (χ1n) is 3.76. The van der Waals surface area contributed by atoms with E-state index in [1.165, 1.54) is 0 Å². The molecule has 64 valence electrons. The molecule has 13 heavy (non-hydrogen) atoms. The van der Waals surface area contributed by atoms with Gasteiger partial charge in [0.25, 0.3) is 0 Å². The zero-order valence-corrected chi connectivity index (χ0v) is 7.03. The van der Waals surface area contributed by atoms with Crippen LogP contribution in [0, 0.1) is 11.3 Å². The predicted molar refractivity (Wildman–Crippen MR) is 47.4 cm³/mol. The third kappa shape index (κ3) is 1.11. The topological polar surface area (TPSA) is 61.7 Å². The average molecular weight is 173 g/mol. The molecule has 0 aliphatic rings. The fourth-order valence-electron chi connectivity index (χ4n) is 1.24. The van der Waals surface area contributed by atoms with Crippen LogP contribution >= 0.6 is 0 Å². The average Bonchev–Trinajstić information content (AvgIpc) is 2.63. The van der Waals surface area contributed by atoms with Crippen LogP contribution in [0.1, 0.15) is 5.56 Å². The summed E-state index contributed by atoms with van der Waals surface area (Å²) in [5.74, 6) is 0.660. The van der Waals surface area contributed by atoms with E-state index in [4.69, 9.17) is 10.00 Å². The van der Waals surface area contributed by atoms with E-state index in [-0.39, 0.29) is 0 Å². The lowest BCUT2D eigenvalue weighted by molar-refractivity contribution is 0.415. The van der Waals surface area contributed by atoms with Crippen molar-refractivity contribution in [3.05, 3.63) is 23.9 Å². The maximum atomic E-state index is 8.83. The van der Waals surface area contributed by atoms with Gasteiger partial charge in [-0.25, -0.2) is 0 Å². The van der Waals surface area contributed by atoms with Gasteiger partial charge in [-0.15, -0.1) is 0 Å². The highest BCUT2D eigenvalue weighted by atomic mass is 16.5. The number of ether oxygens (including phenoxy) is 1. The Morgan fingerprint density at radius 1 is 1.54 bits per heavy atom. The minimum atomic E-state index is 0.572. The van der Waals surface area contributed by atoms with E-state index in [0.29, 0.717) is 11.3 Å². The minimum Gasteiger partial charge on any atom is -0.497 e. The smallest absolute Gasteiger partial charge is 0.122 e. The number of hydrogen-bond acceptors (Lipinski definition) is 3. The highest BCUT2D eigenvalue weighted by molar-refractivity contribution is 5.85. The summed E-state index contributed by atoms with van der Waals surface area (Å²) in [6.07, 6.45) is 1.63. The van der Waals surface area contributed by atoms with E-state index in [2.05, 4.69) is 16.3 Å². The van der Waals surface area contributed by atoms with Crippen LogP contribution in [0.2, 0.25) is 0 Å². The fourth-order valence-corrected chi connectivity index (χ4v) is 1.24. The Morgan fingerprint density at radius 3 is 3.08 bits per heavy atom. The molecule has 0 fully saturated rings. The molecule has 1 N–H and O–H groups in total. The lowest BCUT2D eigenvalue weighted by Crippen LogP contribution is -1.84. The van der Waals surface area contributed by atoms with Crippen LogP contribution in [0.15, 0.2) is 18.3 Å². The van der Waals surface area contributed by atoms with Gasteiger partial charge in [0.15, 0.2) is 0 Å². The predicted octanol–water partition coefficient (Wildman–Crippen LogP) is 1.44. The molecule has 0 amide bonds. The second kappa shape index (κ2) is 2.79. The summed E-state index contributed by atoms with van der Waals surface area (Å²) in [6.45, 7) is 0. The van der Waals surface area contributed by atoms with Crippen molar-refractivity contribution >= 4 is 10.9 Å². The van der Waals surface area contributed by atoms with Gasteiger partial charge in [0.1, 0.15) is 11.8 Å². The van der Waals surface area contributed by atoms with Crippen LogP contribution in [0.5, 0.6) is 5.75 Å². The van der Waals surface area contributed by atoms with Crippen LogP contribution in [-0.4, -0.2) is 17.3 Å². The van der Waals surface area contributed by atoms with E-state index >= 15 is 0 Å². The van der Waals surface area contributed by atoms with Gasteiger partial charge in [0.05, 0.1) is 24.4 Å². The monoisotopic (exact) mass is 173 g/mol. The van der Waals surface area contributed by atoms with Crippen molar-refractivity contribution in [2.24, 2.45) is 0 Å². The first-order valence-corrected chi connectivity index (χ1v) is 3.76. The van der Waals surface area contributed by atoms with Crippen LogP contribution < -0.4 is 4.74 Å². The molecular formula is C9H7N3O. The van der Waals surface area contributed by atoms with Crippen molar-refractivity contribution in [1.82, 2.24) is 10.2 Å². The van der Waals surface area contributed by atoms with Gasteiger partial charge < -0.3 is 4.74 Å². The summed E-state index contributed by atoms with van der Waals surface area (Å²) in [7, 11) is 1.57. The van der Waals surface area contributed by atoms with Crippen molar-refractivity contribution in [1.29, 1.82) is 5.26 Å². The second-order valence-corrected chi connectivity index (χ2v) is 2.62. The highest BCUT2D eigenvalue weighted by Gasteiger charge is 2.04. The zero-order valence-electron chi connectivity index (χ0n) is 7.03. The molecule has 0 saturated carbocycles. The first-order chi connectivity index (χ1) is 6.35. The molecule has 1 aromatic heterocycles. The van der Waals surface area contributed by atoms with Gasteiger partial charge in [-0.1, -0.05) is 0 Å². The third-order valence-corrected chi connectivity index (χ3v) is 1.89. The van der Waals surface area contributed by atoms with E-state index < -0.39 is 0 Å². The molecule has 0 atom stereocenters. The Kier molecular flexibility index (Phi) is 1.64. The molecule has 0 aliphatic heterocycles. The Bertz CT molecular complexity index is 481. The highest BCUT2D eigenvalue weighted by Crippen LogP contribution is 2.22. The summed E-state index contributed by atoms with van der Waals surface area (Å²) in [5.41, 5.74) is 1.39. The molecule has 0 radical (unpaired) electrons. The van der Waals surface area contributed by atoms with Gasteiger partial charge >= 0.3 is 0 Å². The number of nitrogens with zero attached hydrogens (tertiary/aromatic N) is 2. The standard InChI is InChI=1S/C9H7N3O/c1-13-7-2-6(4-10)8-5-11-12-9(8)3-7/h2-3,5H,1H3,(H,11,12). The summed E-state index contributed by atoms with van der Waals surface area (Å²) in [5, 5.41) is 16.3. The van der Waals surface area contributed by atoms with Gasteiger partial charge in [0.2, 0.25) is 0 Å². The number of benzene rings is 1. The van der Waals surface area contributed by atoms with Gasteiger partial charge in [0, 0.05) is 11.5 Å². The Hall–Kier alpha value is -2.02. The lowest BCUT2D eigenvalue weighted by Gasteiger charge is -1.99. The number of fused-ring (bicyclic) bond motifs is 1. The van der Waals surface area contributed by atoms with Crippen molar-refractivity contribution in [2.45, 2.75) is 0 Å². The summed E-state index contributed by atoms with van der Waals surface area (Å²) in [4.78, 5) is 0. The number of methoxy groups -OCH3 is 1. The van der Waals surface area contributed by atoms with Crippen molar-refractivity contribution in [3.8, 4) is 11.8 Å². The molecule has 0 unspecified atom stereocenters. The number of aromatic nitrogens is 2. The second-order valence-electron chi connectivity index (χ2n) is 2.62. The number of nitriles is 1. The molecule has 0 bridgehead atoms. The minimum absolute atomic E-state index is 0.572. The summed E-state index contributed by atoms with van der Waals surface area (Å²) >= 11 is 0. The summed E-state index contributed by atoms with van der Waals surface area (Å²) in [6, 6.07) is 5.59. The SMILES string of the molecule is COc1cc(C#N)c2cn[nH]c2c1. The Balaban J connectivity index is 2.79. The van der Waals surface area contributed by atoms with Crippen molar-refractivity contribution in [3.63, 3.8) is 0 Å². The molecule has 4 nitrogen and oxygen atoms in total. The van der Waals surface area contributed by atoms with Crippen LogP contribution in [-0.2, 0) is 0 Å². The van der Waals surface area contributed by atoms with Crippen LogP contribution in [0.4, 0.5) is 0 Å². The van der Waals surface area contributed by atoms with Crippen molar-refractivity contribution in [2.75, 3.05) is 7.11 Å².